The van der Waals surface area contributed by atoms with Gasteiger partial charge in [0.25, 0.3) is 0 Å². The molecule has 1 fully saturated rings. The Bertz CT molecular complexity index is 1160. The van der Waals surface area contributed by atoms with Crippen molar-refractivity contribution in [2.75, 3.05) is 26.4 Å². The Morgan fingerprint density at radius 3 is 0.838 bits per heavy atom. The maximum absolute atomic E-state index is 12.5. The number of aliphatic hydroxyl groups excluding tert-OH is 2. The van der Waals surface area contributed by atoms with Gasteiger partial charge in [0.1, 0.15) is 13.2 Å². The summed E-state index contributed by atoms with van der Waals surface area (Å²) in [4.78, 5) is 24.7. The van der Waals surface area contributed by atoms with Crippen LogP contribution in [0.2, 0.25) is 0 Å². The van der Waals surface area contributed by atoms with Crippen LogP contribution in [0, 0.1) is 11.3 Å². The van der Waals surface area contributed by atoms with Gasteiger partial charge in [-0.1, -0.05) is 347 Å². The van der Waals surface area contributed by atoms with Crippen molar-refractivity contribution in [2.45, 2.75) is 373 Å². The molecule has 6 nitrogen and oxygen atoms in total. The number of unbranched alkanes of at least 4 members (excludes halogenated alkanes) is 53. The number of aliphatic hydroxyl groups is 2. The highest BCUT2D eigenvalue weighted by Gasteiger charge is 2.36. The lowest BCUT2D eigenvalue weighted by Crippen LogP contribution is -2.40. The summed E-state index contributed by atoms with van der Waals surface area (Å²) < 4.78 is 10.6. The molecule has 1 unspecified atom stereocenters. The fraction of sp³-hybridized carbons (Fsp3) is 0.941. The summed E-state index contributed by atoms with van der Waals surface area (Å²) in [5.41, 5.74) is -1.12. The summed E-state index contributed by atoms with van der Waals surface area (Å²) in [5, 5.41) is 19.2. The summed E-state index contributed by atoms with van der Waals surface area (Å²) in [5.74, 6) is -1.40. The molecule has 6 heteroatoms. The number of rotatable bonds is 59. The summed E-state index contributed by atoms with van der Waals surface area (Å²) in [7, 11) is 0. The predicted octanol–water partition coefficient (Wildman–Crippen LogP) is 21.5. The van der Waals surface area contributed by atoms with Crippen LogP contribution in [0.4, 0.5) is 0 Å². The van der Waals surface area contributed by atoms with Gasteiger partial charge in [-0.3, -0.25) is 9.59 Å². The fourth-order valence-corrected chi connectivity index (χ4v) is 11.3. The Morgan fingerprint density at radius 2 is 0.581 bits per heavy atom. The van der Waals surface area contributed by atoms with Crippen LogP contribution in [0.3, 0.4) is 0 Å². The molecule has 0 bridgehead atoms. The molecule has 0 amide bonds. The molecule has 0 saturated carbocycles. The van der Waals surface area contributed by atoms with E-state index in [0.29, 0.717) is 6.42 Å². The molecule has 74 heavy (non-hydrogen) atoms. The van der Waals surface area contributed by atoms with Crippen LogP contribution >= 0.6 is 0 Å². The third-order valence-corrected chi connectivity index (χ3v) is 16.8. The van der Waals surface area contributed by atoms with Crippen LogP contribution in [-0.2, 0) is 19.1 Å². The monoisotopic (exact) mass is 1040 g/mol. The van der Waals surface area contributed by atoms with E-state index in [1.54, 1.807) is 0 Å². The van der Waals surface area contributed by atoms with Crippen molar-refractivity contribution >= 4 is 11.9 Å². The molecule has 0 spiro atoms. The minimum absolute atomic E-state index is 0.00232. The maximum atomic E-state index is 12.5. The van der Waals surface area contributed by atoms with Crippen molar-refractivity contribution < 1.29 is 29.3 Å². The number of hydrogen-bond donors (Lipinski definition) is 2. The van der Waals surface area contributed by atoms with Gasteiger partial charge in [-0.15, -0.1) is 0 Å². The number of cyclic esters (lactones) is 2. The molecular weight excluding hydrogens is 913 g/mol. The lowest BCUT2D eigenvalue weighted by molar-refractivity contribution is -0.155. The molecule has 1 atom stereocenters. The summed E-state index contributed by atoms with van der Waals surface area (Å²) in [6.07, 6.45) is 83.2. The average molecular weight is 1040 g/mol. The molecule has 0 aromatic rings. The first-order valence-corrected chi connectivity index (χ1v) is 33.8. The zero-order valence-corrected chi connectivity index (χ0v) is 49.9. The smallest absolute Gasteiger partial charge is 0.309 e. The maximum Gasteiger partial charge on any atom is 0.309 e. The second-order valence-electron chi connectivity index (χ2n) is 24.2. The molecule has 1 rings (SSSR count). The predicted molar refractivity (Wildman–Crippen MR) is 320 cm³/mol. The minimum atomic E-state index is -1.12. The number of carbonyl (C=O) groups is 2. The van der Waals surface area contributed by atoms with Crippen LogP contribution < -0.4 is 0 Å². The van der Waals surface area contributed by atoms with Crippen LogP contribution in [-0.4, -0.2) is 48.6 Å². The number of ether oxygens (including phenoxy) is 2. The van der Waals surface area contributed by atoms with Gasteiger partial charge in [0.05, 0.1) is 31.0 Å². The molecular formula is C68H130O6. The average Bonchev–Trinajstić information content (AvgIpc) is 3.47. The zero-order chi connectivity index (χ0) is 53.2. The Labute approximate surface area is 462 Å². The van der Waals surface area contributed by atoms with Crippen LogP contribution in [0.1, 0.15) is 373 Å². The van der Waals surface area contributed by atoms with Gasteiger partial charge >= 0.3 is 11.9 Å². The molecule has 1 aliphatic rings. The first-order valence-electron chi connectivity index (χ1n) is 33.8. The first kappa shape index (κ1) is 70.6. The van der Waals surface area contributed by atoms with E-state index in [0.717, 1.165) is 19.3 Å². The number of allylic oxidation sites excluding steroid dienone is 2. The second kappa shape index (κ2) is 57.8. The van der Waals surface area contributed by atoms with Crippen LogP contribution in [0.25, 0.3) is 0 Å². The molecule has 0 aliphatic carbocycles. The quantitative estimate of drug-likeness (QED) is 0.0358. The van der Waals surface area contributed by atoms with Gasteiger partial charge in [0.15, 0.2) is 0 Å². The normalized spacial score (nSPS) is 15.1. The zero-order valence-electron chi connectivity index (χ0n) is 49.9. The highest BCUT2D eigenvalue weighted by Crippen LogP contribution is 2.25. The molecule has 1 aliphatic heterocycles. The van der Waals surface area contributed by atoms with E-state index in [2.05, 4.69) is 19.1 Å². The highest BCUT2D eigenvalue weighted by atomic mass is 16.6. The summed E-state index contributed by atoms with van der Waals surface area (Å²) >= 11 is 0. The van der Waals surface area contributed by atoms with Crippen molar-refractivity contribution in [2.24, 2.45) is 11.3 Å². The Hall–Kier alpha value is -1.40. The summed E-state index contributed by atoms with van der Waals surface area (Å²) in [6, 6.07) is 0. The molecule has 1 saturated heterocycles. The molecule has 2 N–H and O–H groups in total. The van der Waals surface area contributed by atoms with E-state index >= 15 is 0 Å². The molecule has 1 heterocycles. The van der Waals surface area contributed by atoms with Crippen molar-refractivity contribution in [1.29, 1.82) is 0 Å². The van der Waals surface area contributed by atoms with E-state index in [9.17, 15) is 19.8 Å². The number of carbonyl (C=O) groups excluding carboxylic acids is 2. The topological polar surface area (TPSA) is 93.1 Å². The molecule has 0 aromatic carbocycles. The SMILES string of the molecule is CCCCCCCCCCCCCCCCCCCCCCCCCCCCCCCCCCCCCCCCCCC/C=C/CCCCCCCCCCCCCCC1CC(=O)OCC(CO)(CO)COC1=O. The van der Waals surface area contributed by atoms with Gasteiger partial charge in [-0.2, -0.15) is 0 Å². The van der Waals surface area contributed by atoms with Gasteiger partial charge in [0.2, 0.25) is 0 Å². The Morgan fingerprint density at radius 1 is 0.351 bits per heavy atom. The number of esters is 2. The standard InChI is InChI=1S/C68H130O6/c1-2-3-4-5-6-7-8-9-10-11-12-13-14-15-16-17-18-19-20-21-22-23-24-25-26-27-28-29-30-31-32-33-34-35-36-37-38-39-40-41-42-43-44-45-46-47-48-49-50-51-52-53-54-55-56-57-58-59-65-60-66(71)73-63-68(61-69,62-70)64-74-67(65)72/h44-45,65,69-70H,2-43,46-64H2,1H3/b45-44+. The Balaban J connectivity index is 1.67. The lowest BCUT2D eigenvalue weighted by Gasteiger charge is -2.27. The lowest BCUT2D eigenvalue weighted by atomic mass is 9.92. The van der Waals surface area contributed by atoms with Gasteiger partial charge in [-0.25, -0.2) is 0 Å². The highest BCUT2D eigenvalue weighted by molar-refractivity contribution is 5.80. The molecule has 0 aromatic heterocycles. The van der Waals surface area contributed by atoms with Crippen molar-refractivity contribution in [1.82, 2.24) is 0 Å². The third-order valence-electron chi connectivity index (χ3n) is 16.8. The minimum Gasteiger partial charge on any atom is -0.465 e. The van der Waals surface area contributed by atoms with E-state index in [1.165, 1.54) is 334 Å². The van der Waals surface area contributed by atoms with E-state index < -0.39 is 36.5 Å². The van der Waals surface area contributed by atoms with E-state index in [-0.39, 0.29) is 19.6 Å². The Kier molecular flexibility index (Phi) is 55.1. The first-order chi connectivity index (χ1) is 36.6. The van der Waals surface area contributed by atoms with Gasteiger partial charge in [0, 0.05) is 0 Å². The third kappa shape index (κ3) is 48.9. The largest absolute Gasteiger partial charge is 0.465 e. The van der Waals surface area contributed by atoms with Crippen LogP contribution in [0.15, 0.2) is 12.2 Å². The molecule has 438 valence electrons. The van der Waals surface area contributed by atoms with Crippen molar-refractivity contribution in [3.05, 3.63) is 12.2 Å². The van der Waals surface area contributed by atoms with E-state index in [4.69, 9.17) is 9.47 Å². The van der Waals surface area contributed by atoms with Gasteiger partial charge in [-0.05, 0) is 32.1 Å². The van der Waals surface area contributed by atoms with Crippen LogP contribution in [0.5, 0.6) is 0 Å². The van der Waals surface area contributed by atoms with E-state index in [1.807, 2.05) is 0 Å². The van der Waals surface area contributed by atoms with Gasteiger partial charge < -0.3 is 19.7 Å². The molecule has 0 radical (unpaired) electrons. The number of hydrogen-bond acceptors (Lipinski definition) is 6. The fourth-order valence-electron chi connectivity index (χ4n) is 11.3. The summed E-state index contributed by atoms with van der Waals surface area (Å²) in [6.45, 7) is 1.21. The van der Waals surface area contributed by atoms with Crippen molar-refractivity contribution in [3.8, 4) is 0 Å². The van der Waals surface area contributed by atoms with Crippen molar-refractivity contribution in [3.63, 3.8) is 0 Å². The second-order valence-corrected chi connectivity index (χ2v) is 24.2.